The maximum Gasteiger partial charge on any atom is 0.258 e. The first-order valence-corrected chi connectivity index (χ1v) is 6.42. The molecule has 0 aliphatic rings. The molecule has 0 fully saturated rings. The molecule has 1 aromatic heterocycles. The highest BCUT2D eigenvalue weighted by Gasteiger charge is 2.07. The molecular weight excluding hydrogens is 250 g/mol. The van der Waals surface area contributed by atoms with Crippen molar-refractivity contribution in [1.82, 2.24) is 14.9 Å². The number of fused-ring (bicyclic) bond motifs is 1. The number of halogens is 1. The molecule has 0 spiro atoms. The monoisotopic (exact) mass is 265 g/mol. The number of hydrogen-bond donors (Lipinski definition) is 1. The van der Waals surface area contributed by atoms with Gasteiger partial charge in [0.25, 0.3) is 5.56 Å². The molecule has 1 heterocycles. The van der Waals surface area contributed by atoms with Gasteiger partial charge in [0.1, 0.15) is 5.82 Å². The smallest absolute Gasteiger partial charge is 0.258 e. The van der Waals surface area contributed by atoms with Crippen LogP contribution >= 0.6 is 11.6 Å². The summed E-state index contributed by atoms with van der Waals surface area (Å²) in [4.78, 5) is 21.4. The predicted molar refractivity (Wildman–Crippen MR) is 74.0 cm³/mol. The summed E-state index contributed by atoms with van der Waals surface area (Å²) in [5.74, 6) is 0.679. The van der Waals surface area contributed by atoms with Crippen molar-refractivity contribution in [3.8, 4) is 0 Å². The summed E-state index contributed by atoms with van der Waals surface area (Å²) in [5.41, 5.74) is 0.534. The third-order valence-corrected chi connectivity index (χ3v) is 3.22. The van der Waals surface area contributed by atoms with Crippen LogP contribution in [-0.2, 0) is 6.54 Å². The van der Waals surface area contributed by atoms with E-state index in [9.17, 15) is 4.79 Å². The van der Waals surface area contributed by atoms with Crippen LogP contribution in [0.5, 0.6) is 0 Å². The maximum atomic E-state index is 11.9. The van der Waals surface area contributed by atoms with Crippen molar-refractivity contribution in [2.45, 2.75) is 20.4 Å². The first-order valence-electron chi connectivity index (χ1n) is 6.04. The molecule has 1 N–H and O–H groups in total. The van der Waals surface area contributed by atoms with E-state index in [4.69, 9.17) is 11.6 Å². The van der Waals surface area contributed by atoms with Crippen LogP contribution in [0.2, 0.25) is 5.02 Å². The van der Waals surface area contributed by atoms with Gasteiger partial charge in [0.05, 0.1) is 17.4 Å². The van der Waals surface area contributed by atoms with Crippen molar-refractivity contribution in [1.29, 1.82) is 0 Å². The number of nitrogens with one attached hydrogen (secondary N) is 1. The zero-order valence-corrected chi connectivity index (χ0v) is 11.3. The van der Waals surface area contributed by atoms with Gasteiger partial charge in [0, 0.05) is 5.02 Å². The molecule has 5 heteroatoms. The lowest BCUT2D eigenvalue weighted by Crippen LogP contribution is -2.25. The summed E-state index contributed by atoms with van der Waals surface area (Å²) in [6, 6.07) is 5.12. The second-order valence-electron chi connectivity index (χ2n) is 4.14. The molecule has 0 saturated heterocycles. The Balaban J connectivity index is 2.44. The normalized spacial score (nSPS) is 11.3. The van der Waals surface area contributed by atoms with Gasteiger partial charge in [-0.25, -0.2) is 4.98 Å². The lowest BCUT2D eigenvalue weighted by Gasteiger charge is -2.17. The Morgan fingerprint density at radius 1 is 1.33 bits per heavy atom. The van der Waals surface area contributed by atoms with Crippen LogP contribution in [0.25, 0.3) is 10.9 Å². The third kappa shape index (κ3) is 2.71. The van der Waals surface area contributed by atoms with Crippen molar-refractivity contribution < 1.29 is 0 Å². The fraction of sp³-hybridized carbons (Fsp3) is 0.385. The minimum Gasteiger partial charge on any atom is -0.309 e. The summed E-state index contributed by atoms with van der Waals surface area (Å²) < 4.78 is 0. The summed E-state index contributed by atoms with van der Waals surface area (Å²) in [5, 5.41) is 1.16. The fourth-order valence-electron chi connectivity index (χ4n) is 1.89. The molecule has 18 heavy (non-hydrogen) atoms. The van der Waals surface area contributed by atoms with E-state index >= 15 is 0 Å². The quantitative estimate of drug-likeness (QED) is 0.924. The summed E-state index contributed by atoms with van der Waals surface area (Å²) in [6.45, 7) is 6.66. The average Bonchev–Trinajstić information content (AvgIpc) is 2.35. The summed E-state index contributed by atoms with van der Waals surface area (Å²) >= 11 is 5.92. The van der Waals surface area contributed by atoms with Crippen molar-refractivity contribution in [3.05, 3.63) is 39.4 Å². The van der Waals surface area contributed by atoms with Crippen LogP contribution in [0, 0.1) is 0 Å². The Bertz CT molecular complexity index is 605. The second kappa shape index (κ2) is 5.50. The van der Waals surface area contributed by atoms with Gasteiger partial charge in [-0.15, -0.1) is 0 Å². The highest BCUT2D eigenvalue weighted by Crippen LogP contribution is 2.14. The zero-order valence-electron chi connectivity index (χ0n) is 10.5. The van der Waals surface area contributed by atoms with E-state index in [2.05, 4.69) is 28.7 Å². The van der Waals surface area contributed by atoms with E-state index in [1.807, 2.05) is 0 Å². The number of nitrogens with zero attached hydrogens (tertiary/aromatic N) is 2. The van der Waals surface area contributed by atoms with Crippen molar-refractivity contribution in [2.24, 2.45) is 0 Å². The van der Waals surface area contributed by atoms with E-state index in [1.54, 1.807) is 18.2 Å². The maximum absolute atomic E-state index is 11.9. The van der Waals surface area contributed by atoms with Gasteiger partial charge >= 0.3 is 0 Å². The molecule has 0 aliphatic heterocycles. The largest absolute Gasteiger partial charge is 0.309 e. The Labute approximate surface area is 111 Å². The van der Waals surface area contributed by atoms with E-state index in [1.165, 1.54) is 0 Å². The number of aromatic nitrogens is 2. The lowest BCUT2D eigenvalue weighted by molar-refractivity contribution is 0.288. The molecule has 4 nitrogen and oxygen atoms in total. The molecule has 0 saturated carbocycles. The van der Waals surface area contributed by atoms with Crippen molar-refractivity contribution in [3.63, 3.8) is 0 Å². The number of rotatable bonds is 4. The van der Waals surface area contributed by atoms with E-state index in [-0.39, 0.29) is 5.56 Å². The van der Waals surface area contributed by atoms with E-state index < -0.39 is 0 Å². The second-order valence-corrected chi connectivity index (χ2v) is 4.57. The Morgan fingerprint density at radius 2 is 2.06 bits per heavy atom. The topological polar surface area (TPSA) is 49.0 Å². The summed E-state index contributed by atoms with van der Waals surface area (Å²) in [7, 11) is 0. The Kier molecular flexibility index (Phi) is 3.99. The van der Waals surface area contributed by atoms with Gasteiger partial charge in [-0.05, 0) is 31.3 Å². The van der Waals surface area contributed by atoms with Crippen LogP contribution in [0.15, 0.2) is 23.0 Å². The minimum atomic E-state index is -0.112. The average molecular weight is 266 g/mol. The van der Waals surface area contributed by atoms with Gasteiger partial charge in [-0.3, -0.25) is 9.69 Å². The first kappa shape index (κ1) is 13.1. The number of aromatic amines is 1. The predicted octanol–water partition coefficient (Wildman–Crippen LogP) is 2.42. The fourth-order valence-corrected chi connectivity index (χ4v) is 2.06. The van der Waals surface area contributed by atoms with Gasteiger partial charge in [-0.1, -0.05) is 25.4 Å². The lowest BCUT2D eigenvalue weighted by atomic mass is 10.2. The molecule has 2 aromatic rings. The van der Waals surface area contributed by atoms with E-state index in [0.29, 0.717) is 28.3 Å². The Hall–Kier alpha value is -1.39. The third-order valence-electron chi connectivity index (χ3n) is 2.99. The molecule has 0 atom stereocenters. The number of H-pyrrole nitrogens is 1. The number of hydrogen-bond acceptors (Lipinski definition) is 3. The molecule has 1 aromatic carbocycles. The molecule has 0 bridgehead atoms. The molecular formula is C13H16ClN3O. The van der Waals surface area contributed by atoms with Crippen LogP contribution in [-0.4, -0.2) is 28.0 Å². The van der Waals surface area contributed by atoms with Crippen molar-refractivity contribution >= 4 is 22.5 Å². The molecule has 0 radical (unpaired) electrons. The number of benzene rings is 1. The highest BCUT2D eigenvalue weighted by atomic mass is 35.5. The zero-order chi connectivity index (χ0) is 13.1. The Morgan fingerprint density at radius 3 is 2.72 bits per heavy atom. The minimum absolute atomic E-state index is 0.112. The van der Waals surface area contributed by atoms with Crippen LogP contribution in [0.3, 0.4) is 0 Å². The van der Waals surface area contributed by atoms with Gasteiger partial charge in [0.2, 0.25) is 0 Å². The van der Waals surface area contributed by atoms with Gasteiger partial charge in [0.15, 0.2) is 0 Å². The standard InChI is InChI=1S/C13H16ClN3O/c1-3-17(4-2)8-12-15-11-7-9(14)5-6-10(11)13(18)16-12/h5-7H,3-4,8H2,1-2H3,(H,15,16,18). The SMILES string of the molecule is CCN(CC)Cc1nc2cc(Cl)ccc2c(=O)[nH]1. The molecule has 0 unspecified atom stereocenters. The van der Waals surface area contributed by atoms with Gasteiger partial charge < -0.3 is 4.98 Å². The molecule has 0 aliphatic carbocycles. The molecule has 0 amide bonds. The van der Waals surface area contributed by atoms with Crippen LogP contribution in [0.4, 0.5) is 0 Å². The van der Waals surface area contributed by atoms with E-state index in [0.717, 1.165) is 13.1 Å². The van der Waals surface area contributed by atoms with Crippen LogP contribution in [0.1, 0.15) is 19.7 Å². The van der Waals surface area contributed by atoms with Crippen LogP contribution < -0.4 is 5.56 Å². The summed E-state index contributed by atoms with van der Waals surface area (Å²) in [6.07, 6.45) is 0. The first-order chi connectivity index (χ1) is 8.63. The van der Waals surface area contributed by atoms with Gasteiger partial charge in [-0.2, -0.15) is 0 Å². The molecule has 96 valence electrons. The highest BCUT2D eigenvalue weighted by molar-refractivity contribution is 6.31. The molecule has 2 rings (SSSR count). The van der Waals surface area contributed by atoms with Crippen molar-refractivity contribution in [2.75, 3.05) is 13.1 Å².